The number of carbonyl (C=O) groups is 4. The van der Waals surface area contributed by atoms with Gasteiger partial charge in [-0.1, -0.05) is 388 Å². The van der Waals surface area contributed by atoms with Crippen LogP contribution in [0.5, 0.6) is 0 Å². The van der Waals surface area contributed by atoms with E-state index >= 15 is 0 Å². The van der Waals surface area contributed by atoms with Gasteiger partial charge in [-0.3, -0.25) is 37.3 Å². The monoisotopic (exact) mass is 1480 g/mol. The summed E-state index contributed by atoms with van der Waals surface area (Å²) < 4.78 is 68.7. The Labute approximate surface area is 619 Å². The molecule has 3 N–H and O–H groups in total. The minimum atomic E-state index is -4.96. The second kappa shape index (κ2) is 74.9. The highest BCUT2D eigenvalue weighted by Gasteiger charge is 2.30. The van der Waals surface area contributed by atoms with Gasteiger partial charge in [-0.25, -0.2) is 9.13 Å². The summed E-state index contributed by atoms with van der Waals surface area (Å²) in [5, 5.41) is 10.6. The molecule has 101 heavy (non-hydrogen) atoms. The molecule has 0 saturated carbocycles. The van der Waals surface area contributed by atoms with Crippen molar-refractivity contribution in [1.29, 1.82) is 0 Å². The van der Waals surface area contributed by atoms with Gasteiger partial charge in [0.1, 0.15) is 19.3 Å². The van der Waals surface area contributed by atoms with E-state index in [2.05, 4.69) is 34.6 Å². The number of rotatable bonds is 82. The zero-order valence-corrected chi connectivity index (χ0v) is 67.8. The van der Waals surface area contributed by atoms with Crippen LogP contribution in [0.3, 0.4) is 0 Å². The average molecular weight is 1480 g/mol. The van der Waals surface area contributed by atoms with Gasteiger partial charge in [0.25, 0.3) is 0 Å². The Kier molecular flexibility index (Phi) is 73.5. The normalized spacial score (nSPS) is 14.1. The maximum atomic E-state index is 13.1. The second-order valence-electron chi connectivity index (χ2n) is 29.8. The molecule has 0 aliphatic carbocycles. The van der Waals surface area contributed by atoms with Gasteiger partial charge in [-0.05, 0) is 31.6 Å². The third-order valence-corrected chi connectivity index (χ3v) is 21.5. The Balaban J connectivity index is 5.21. The molecular formula is C82H160O17P2. The summed E-state index contributed by atoms with van der Waals surface area (Å²) >= 11 is 0. The Morgan fingerprint density at radius 1 is 0.277 bits per heavy atom. The van der Waals surface area contributed by atoms with E-state index in [4.69, 9.17) is 37.0 Å². The van der Waals surface area contributed by atoms with Crippen molar-refractivity contribution >= 4 is 39.5 Å². The quantitative estimate of drug-likeness (QED) is 0.0222. The van der Waals surface area contributed by atoms with Crippen LogP contribution in [0.2, 0.25) is 0 Å². The van der Waals surface area contributed by atoms with Crippen LogP contribution >= 0.6 is 15.6 Å². The van der Waals surface area contributed by atoms with Gasteiger partial charge in [-0.2, -0.15) is 0 Å². The van der Waals surface area contributed by atoms with E-state index in [0.717, 1.165) is 95.8 Å². The number of hydrogen-bond acceptors (Lipinski definition) is 15. The summed E-state index contributed by atoms with van der Waals surface area (Å²) in [6.45, 7) is 7.35. The molecule has 0 aromatic heterocycles. The third kappa shape index (κ3) is 74.7. The van der Waals surface area contributed by atoms with Crippen molar-refractivity contribution in [2.24, 2.45) is 5.92 Å². The first-order chi connectivity index (χ1) is 49.1. The van der Waals surface area contributed by atoms with E-state index in [-0.39, 0.29) is 25.7 Å². The van der Waals surface area contributed by atoms with Crippen molar-refractivity contribution in [3.63, 3.8) is 0 Å². The Morgan fingerprint density at radius 2 is 0.475 bits per heavy atom. The van der Waals surface area contributed by atoms with Gasteiger partial charge in [-0.15, -0.1) is 0 Å². The van der Waals surface area contributed by atoms with E-state index in [1.165, 1.54) is 263 Å². The summed E-state index contributed by atoms with van der Waals surface area (Å²) in [5.74, 6) is -1.30. The van der Waals surface area contributed by atoms with Gasteiger partial charge >= 0.3 is 39.5 Å². The van der Waals surface area contributed by atoms with Crippen LogP contribution in [0.25, 0.3) is 0 Å². The molecule has 0 bridgehead atoms. The molecule has 3 unspecified atom stereocenters. The van der Waals surface area contributed by atoms with Crippen LogP contribution in [-0.2, 0) is 65.4 Å². The molecule has 0 aromatic carbocycles. The van der Waals surface area contributed by atoms with E-state index in [0.29, 0.717) is 25.7 Å². The van der Waals surface area contributed by atoms with E-state index < -0.39 is 97.5 Å². The molecule has 0 amide bonds. The third-order valence-electron chi connectivity index (χ3n) is 19.6. The summed E-state index contributed by atoms with van der Waals surface area (Å²) in [4.78, 5) is 73.0. The molecule has 0 aliphatic heterocycles. The van der Waals surface area contributed by atoms with Crippen molar-refractivity contribution in [2.45, 2.75) is 457 Å². The number of phosphoric ester groups is 2. The highest BCUT2D eigenvalue weighted by molar-refractivity contribution is 7.47. The lowest BCUT2D eigenvalue weighted by Gasteiger charge is -2.21. The lowest BCUT2D eigenvalue weighted by Crippen LogP contribution is -2.30. The van der Waals surface area contributed by atoms with Crippen LogP contribution in [0.1, 0.15) is 439 Å². The molecular weight excluding hydrogens is 1320 g/mol. The molecule has 0 saturated heterocycles. The maximum Gasteiger partial charge on any atom is 0.472 e. The average Bonchev–Trinajstić information content (AvgIpc) is 0.936. The van der Waals surface area contributed by atoms with Crippen molar-refractivity contribution in [3.8, 4) is 0 Å². The van der Waals surface area contributed by atoms with Gasteiger partial charge in [0, 0.05) is 25.7 Å². The van der Waals surface area contributed by atoms with Gasteiger partial charge in [0.2, 0.25) is 0 Å². The fourth-order valence-corrected chi connectivity index (χ4v) is 14.3. The zero-order chi connectivity index (χ0) is 74.1. The molecule has 17 nitrogen and oxygen atoms in total. The summed E-state index contributed by atoms with van der Waals surface area (Å²) in [5.41, 5.74) is 0. The molecule has 0 heterocycles. The standard InChI is InChI=1S/C82H160O17P2/c1-6-10-13-16-19-22-25-27-29-30-31-32-33-34-35-37-39-41-47-52-57-62-67-81(86)98-78(72-93-80(85)66-61-56-51-46-40-38-36-28-26-23-20-17-14-11-7-2)74-97-101(90,91)95-70-76(83)69-94-100(88,89)96-73-77(71-92-79(84)65-60-55-50-45-24-21-18-15-12-8-3)99-82(87)68-63-58-53-48-43-42-44-49-54-59-64-75(5)9-4/h75-78,83H,6-74H2,1-5H3,(H,88,89)(H,90,91)/t75?,76-,77+,78+/m0/s1. The van der Waals surface area contributed by atoms with E-state index in [1.807, 2.05) is 0 Å². The van der Waals surface area contributed by atoms with Crippen molar-refractivity contribution in [2.75, 3.05) is 39.6 Å². The summed E-state index contributed by atoms with van der Waals surface area (Å²) in [6.07, 6.45) is 66.6. The second-order valence-corrected chi connectivity index (χ2v) is 32.7. The minimum Gasteiger partial charge on any atom is -0.462 e. The predicted molar refractivity (Wildman–Crippen MR) is 414 cm³/mol. The fourth-order valence-electron chi connectivity index (χ4n) is 12.7. The number of esters is 4. The van der Waals surface area contributed by atoms with Gasteiger partial charge in [0.15, 0.2) is 12.2 Å². The van der Waals surface area contributed by atoms with Crippen molar-refractivity contribution in [1.82, 2.24) is 0 Å². The molecule has 0 rings (SSSR count). The zero-order valence-electron chi connectivity index (χ0n) is 66.1. The first-order valence-corrected chi connectivity index (χ1v) is 45.7. The summed E-state index contributed by atoms with van der Waals surface area (Å²) in [7, 11) is -9.92. The molecule has 0 spiro atoms. The fraction of sp³-hybridized carbons (Fsp3) is 0.951. The lowest BCUT2D eigenvalue weighted by molar-refractivity contribution is -0.161. The van der Waals surface area contributed by atoms with E-state index in [9.17, 15) is 43.2 Å². The van der Waals surface area contributed by atoms with Crippen LogP contribution < -0.4 is 0 Å². The van der Waals surface area contributed by atoms with Crippen LogP contribution in [0.15, 0.2) is 0 Å². The predicted octanol–water partition coefficient (Wildman–Crippen LogP) is 24.8. The molecule has 19 heteroatoms. The maximum absolute atomic E-state index is 13.1. The largest absolute Gasteiger partial charge is 0.472 e. The number of carbonyl (C=O) groups excluding carboxylic acids is 4. The number of phosphoric acid groups is 2. The van der Waals surface area contributed by atoms with Crippen molar-refractivity contribution in [3.05, 3.63) is 0 Å². The first kappa shape index (κ1) is 99.1. The van der Waals surface area contributed by atoms with Gasteiger partial charge in [0.05, 0.1) is 26.4 Å². The lowest BCUT2D eigenvalue weighted by atomic mass is 9.99. The van der Waals surface area contributed by atoms with E-state index in [1.54, 1.807) is 0 Å². The van der Waals surface area contributed by atoms with Crippen LogP contribution in [-0.4, -0.2) is 96.7 Å². The number of hydrogen-bond donors (Lipinski definition) is 3. The molecule has 0 aliphatic rings. The SMILES string of the molecule is CCCCCCCCCCCCCCCCCCCCCCCCC(=O)O[C@H](COC(=O)CCCCCCCCCCCCCCCCC)COP(=O)(O)OC[C@@H](O)COP(=O)(O)OC[C@@H](COC(=O)CCCCCCCCCCCC)OC(=O)CCCCCCCCCCCCC(C)CC. The highest BCUT2D eigenvalue weighted by atomic mass is 31.2. The molecule has 6 atom stereocenters. The first-order valence-electron chi connectivity index (χ1n) is 42.7. The molecule has 0 radical (unpaired) electrons. The van der Waals surface area contributed by atoms with Crippen LogP contribution in [0.4, 0.5) is 0 Å². The Morgan fingerprint density at radius 3 is 0.703 bits per heavy atom. The summed E-state index contributed by atoms with van der Waals surface area (Å²) in [6, 6.07) is 0. The smallest absolute Gasteiger partial charge is 0.462 e. The highest BCUT2D eigenvalue weighted by Crippen LogP contribution is 2.45. The number of unbranched alkanes of at least 4 members (excludes halogenated alkanes) is 53. The minimum absolute atomic E-state index is 0.107. The van der Waals surface area contributed by atoms with Crippen molar-refractivity contribution < 1.29 is 80.2 Å². The Hall–Kier alpha value is -1.94. The van der Waals surface area contributed by atoms with Gasteiger partial charge < -0.3 is 33.8 Å². The molecule has 0 fully saturated rings. The number of aliphatic hydroxyl groups is 1. The van der Waals surface area contributed by atoms with Crippen LogP contribution in [0, 0.1) is 5.92 Å². The molecule has 600 valence electrons. The number of ether oxygens (including phenoxy) is 4. The molecule has 0 aromatic rings. The topological polar surface area (TPSA) is 237 Å². The Bertz CT molecular complexity index is 1930. The number of aliphatic hydroxyl groups excluding tert-OH is 1.